The van der Waals surface area contributed by atoms with Crippen molar-refractivity contribution < 1.29 is 33.4 Å². The molecule has 2 aromatic rings. The second-order valence-corrected chi connectivity index (χ2v) is 9.33. The van der Waals surface area contributed by atoms with E-state index in [4.69, 9.17) is 16.3 Å². The molecular weight excluding hydrogens is 505 g/mol. The number of hydrogen-bond donors (Lipinski definition) is 2. The third-order valence-electron chi connectivity index (χ3n) is 5.69. The number of amides is 2. The average Bonchev–Trinajstić information content (AvgIpc) is 2.81. The van der Waals surface area contributed by atoms with Gasteiger partial charge in [0.25, 0.3) is 11.8 Å². The summed E-state index contributed by atoms with van der Waals surface area (Å²) in [6.07, 6.45) is 0. The van der Waals surface area contributed by atoms with Crippen LogP contribution in [0.25, 0.3) is 10.9 Å². The number of carbonyl (C=O) groups excluding carboxylic acids is 3. The summed E-state index contributed by atoms with van der Waals surface area (Å²) in [7, 11) is 0. The van der Waals surface area contributed by atoms with Gasteiger partial charge in [0, 0.05) is 36.2 Å². The van der Waals surface area contributed by atoms with Crippen molar-refractivity contribution in [1.82, 2.24) is 14.8 Å². The standard InChI is InChI=1S/C22H19ClFN3O7S/c1-3-26-14-5-12(23)13(24)4-11(14)16(29)6-15(26)19(30)25-17-20(31)27-18(22(32)33)10(7-34-9(2)28)8-35-21(17)27/h4-6,17,21H,3,7-8H2,1-2H3,(H,25,30)(H,32,33)/t17?,21-/m1/s1. The molecule has 1 saturated heterocycles. The van der Waals surface area contributed by atoms with E-state index in [9.17, 15) is 33.5 Å². The van der Waals surface area contributed by atoms with Gasteiger partial charge >= 0.3 is 11.9 Å². The Morgan fingerprint density at radius 3 is 2.63 bits per heavy atom. The zero-order chi connectivity index (χ0) is 25.6. The molecule has 1 unspecified atom stereocenters. The maximum absolute atomic E-state index is 13.9. The number of hydrogen-bond acceptors (Lipinski definition) is 7. The van der Waals surface area contributed by atoms with Gasteiger partial charge in [-0.25, -0.2) is 9.18 Å². The highest BCUT2D eigenvalue weighted by Crippen LogP contribution is 2.40. The number of carbonyl (C=O) groups is 4. The minimum atomic E-state index is -1.35. The number of aromatic nitrogens is 1. The van der Waals surface area contributed by atoms with E-state index < -0.39 is 46.4 Å². The van der Waals surface area contributed by atoms with E-state index in [-0.39, 0.29) is 51.8 Å². The molecule has 4 rings (SSSR count). The van der Waals surface area contributed by atoms with Crippen LogP contribution in [0.1, 0.15) is 24.3 Å². The van der Waals surface area contributed by atoms with E-state index >= 15 is 0 Å². The molecule has 0 radical (unpaired) electrons. The predicted molar refractivity (Wildman–Crippen MR) is 124 cm³/mol. The van der Waals surface area contributed by atoms with Gasteiger partial charge in [-0.05, 0) is 19.1 Å². The fraction of sp³-hybridized carbons (Fsp3) is 0.318. The molecule has 0 aliphatic carbocycles. The van der Waals surface area contributed by atoms with Gasteiger partial charge in [0.05, 0.1) is 10.5 Å². The Morgan fingerprint density at radius 2 is 2.00 bits per heavy atom. The van der Waals surface area contributed by atoms with E-state index in [2.05, 4.69) is 5.32 Å². The number of benzene rings is 1. The van der Waals surface area contributed by atoms with Crippen molar-refractivity contribution >= 4 is 58.0 Å². The summed E-state index contributed by atoms with van der Waals surface area (Å²) in [6.45, 7) is 2.89. The molecule has 0 bridgehead atoms. The van der Waals surface area contributed by atoms with E-state index in [1.54, 1.807) is 6.92 Å². The highest BCUT2D eigenvalue weighted by molar-refractivity contribution is 8.00. The first-order chi connectivity index (χ1) is 16.5. The van der Waals surface area contributed by atoms with E-state index in [1.807, 2.05) is 0 Å². The van der Waals surface area contributed by atoms with Crippen LogP contribution in [0, 0.1) is 5.82 Å². The third-order valence-corrected chi connectivity index (χ3v) is 7.32. The van der Waals surface area contributed by atoms with E-state index in [0.717, 1.165) is 17.0 Å². The minimum Gasteiger partial charge on any atom is -0.477 e. The second kappa shape index (κ2) is 9.34. The first-order valence-corrected chi connectivity index (χ1v) is 11.8. The molecule has 2 atom stereocenters. The number of carboxylic acids is 1. The number of aryl methyl sites for hydroxylation is 1. The average molecular weight is 524 g/mol. The van der Waals surface area contributed by atoms with Crippen molar-refractivity contribution in [2.75, 3.05) is 12.4 Å². The van der Waals surface area contributed by atoms with Gasteiger partial charge in [0.15, 0.2) is 5.43 Å². The van der Waals surface area contributed by atoms with Crippen LogP contribution in [0.2, 0.25) is 5.02 Å². The van der Waals surface area contributed by atoms with Crippen LogP contribution in [0.15, 0.2) is 34.3 Å². The number of ether oxygens (including phenoxy) is 1. The van der Waals surface area contributed by atoms with Crippen LogP contribution in [0.4, 0.5) is 4.39 Å². The summed E-state index contributed by atoms with van der Waals surface area (Å²) in [4.78, 5) is 62.5. The lowest BCUT2D eigenvalue weighted by molar-refractivity contribution is -0.149. The van der Waals surface area contributed by atoms with Gasteiger partial charge in [-0.1, -0.05) is 11.6 Å². The van der Waals surface area contributed by atoms with Crippen LogP contribution in [0.5, 0.6) is 0 Å². The molecule has 10 nitrogen and oxygen atoms in total. The van der Waals surface area contributed by atoms with Crippen LogP contribution in [0.3, 0.4) is 0 Å². The van der Waals surface area contributed by atoms with Crippen molar-refractivity contribution in [2.24, 2.45) is 0 Å². The van der Waals surface area contributed by atoms with E-state index in [1.165, 1.54) is 29.3 Å². The van der Waals surface area contributed by atoms with Gasteiger partial charge in [-0.2, -0.15) is 0 Å². The minimum absolute atomic E-state index is 0.0515. The van der Waals surface area contributed by atoms with Gasteiger partial charge in [-0.3, -0.25) is 24.1 Å². The van der Waals surface area contributed by atoms with Crippen LogP contribution < -0.4 is 10.7 Å². The molecule has 2 N–H and O–H groups in total. The predicted octanol–water partition coefficient (Wildman–Crippen LogP) is 1.73. The van der Waals surface area contributed by atoms with Crippen LogP contribution in [-0.2, 0) is 25.7 Å². The highest BCUT2D eigenvalue weighted by atomic mass is 35.5. The zero-order valence-corrected chi connectivity index (χ0v) is 20.0. The molecule has 13 heteroatoms. The molecule has 35 heavy (non-hydrogen) atoms. The number of aliphatic carboxylic acids is 1. The highest BCUT2D eigenvalue weighted by Gasteiger charge is 2.54. The maximum atomic E-state index is 13.9. The molecular formula is C22H19ClFN3O7S. The molecule has 2 amide bonds. The number of thioether (sulfide) groups is 1. The molecule has 3 heterocycles. The summed E-state index contributed by atoms with van der Waals surface area (Å²) in [5.74, 6) is -3.90. The Balaban J connectivity index is 1.62. The summed E-state index contributed by atoms with van der Waals surface area (Å²) in [5, 5.41) is 11.4. The third kappa shape index (κ3) is 4.27. The van der Waals surface area contributed by atoms with Gasteiger partial charge in [0.1, 0.15) is 35.2 Å². The number of esters is 1. The number of pyridine rings is 1. The SMILES string of the molecule is CCn1c(C(=O)NC2C(=O)N3C(C(=O)O)=C(COC(C)=O)CS[C@H]23)cc(=O)c2cc(F)c(Cl)cc21. The first-order valence-electron chi connectivity index (χ1n) is 10.4. The van der Waals surface area contributed by atoms with Crippen LogP contribution in [-0.4, -0.2) is 62.1 Å². The Kier molecular flexibility index (Phi) is 6.60. The Morgan fingerprint density at radius 1 is 1.29 bits per heavy atom. The number of fused-ring (bicyclic) bond motifs is 2. The quantitative estimate of drug-likeness (QED) is 0.432. The maximum Gasteiger partial charge on any atom is 0.352 e. The van der Waals surface area contributed by atoms with Crippen LogP contribution >= 0.6 is 23.4 Å². The molecule has 1 aromatic carbocycles. The number of β-lactam (4-membered cyclic amide) rings is 1. The smallest absolute Gasteiger partial charge is 0.352 e. The number of rotatable bonds is 6. The number of carboxylic acid groups (broad SMARTS) is 1. The lowest BCUT2D eigenvalue weighted by atomic mass is 10.0. The molecule has 1 fully saturated rings. The zero-order valence-electron chi connectivity index (χ0n) is 18.5. The van der Waals surface area contributed by atoms with Crippen molar-refractivity contribution in [1.29, 1.82) is 0 Å². The topological polar surface area (TPSA) is 135 Å². The molecule has 0 spiro atoms. The Bertz CT molecular complexity index is 1390. The number of nitrogens with zero attached hydrogens (tertiary/aromatic N) is 2. The van der Waals surface area contributed by atoms with Crippen molar-refractivity contribution in [3.05, 3.63) is 56.2 Å². The summed E-state index contributed by atoms with van der Waals surface area (Å²) in [6, 6.07) is 2.29. The summed E-state index contributed by atoms with van der Waals surface area (Å²) >= 11 is 7.09. The lowest BCUT2D eigenvalue weighted by Gasteiger charge is -2.49. The second-order valence-electron chi connectivity index (χ2n) is 7.82. The first kappa shape index (κ1) is 24.7. The monoisotopic (exact) mass is 523 g/mol. The van der Waals surface area contributed by atoms with Crippen molar-refractivity contribution in [3.8, 4) is 0 Å². The number of nitrogens with one attached hydrogen (secondary N) is 1. The van der Waals surface area contributed by atoms with Gasteiger partial charge in [-0.15, -0.1) is 11.8 Å². The molecule has 184 valence electrons. The van der Waals surface area contributed by atoms with Gasteiger partial charge < -0.3 is 19.7 Å². The molecule has 0 saturated carbocycles. The van der Waals surface area contributed by atoms with Crippen molar-refractivity contribution in [2.45, 2.75) is 31.8 Å². The largest absolute Gasteiger partial charge is 0.477 e. The summed E-state index contributed by atoms with van der Waals surface area (Å²) in [5.41, 5.74) is -0.394. The normalized spacial score (nSPS) is 19.3. The molecule has 2 aliphatic heterocycles. The van der Waals surface area contributed by atoms with Gasteiger partial charge in [0.2, 0.25) is 0 Å². The van der Waals surface area contributed by atoms with E-state index in [0.29, 0.717) is 0 Å². The van der Waals surface area contributed by atoms with Crippen molar-refractivity contribution in [3.63, 3.8) is 0 Å². The molecule has 2 aliphatic rings. The lowest BCUT2D eigenvalue weighted by Crippen LogP contribution is -2.70. The number of halogens is 2. The Hall–Kier alpha value is -3.38. The fourth-order valence-corrected chi connectivity index (χ4v) is 5.58. The fourth-order valence-electron chi connectivity index (χ4n) is 4.09. The molecule has 1 aromatic heterocycles. The Labute approximate surface area is 206 Å². The summed E-state index contributed by atoms with van der Waals surface area (Å²) < 4.78 is 20.3.